The fourth-order valence-corrected chi connectivity index (χ4v) is 3.41. The van der Waals surface area contributed by atoms with E-state index in [9.17, 15) is 9.59 Å². The van der Waals surface area contributed by atoms with Gasteiger partial charge in [0.25, 0.3) is 5.91 Å². The average molecular weight is 431 g/mol. The number of halogens is 1. The molecule has 0 spiro atoms. The number of nitrogens with zero attached hydrogens (tertiary/aromatic N) is 1. The first kappa shape index (κ1) is 23.7. The number of ether oxygens (including phenoxy) is 1. The van der Waals surface area contributed by atoms with Gasteiger partial charge in [0.1, 0.15) is 11.8 Å². The zero-order chi connectivity index (χ0) is 22.4. The summed E-state index contributed by atoms with van der Waals surface area (Å²) in [6.07, 6.45) is 0. The zero-order valence-corrected chi connectivity index (χ0v) is 19.3. The summed E-state index contributed by atoms with van der Waals surface area (Å²) in [6.45, 7) is 11.6. The van der Waals surface area contributed by atoms with Gasteiger partial charge in [-0.15, -0.1) is 0 Å². The third-order valence-electron chi connectivity index (χ3n) is 4.96. The van der Waals surface area contributed by atoms with Crippen LogP contribution >= 0.6 is 11.6 Å². The van der Waals surface area contributed by atoms with E-state index in [4.69, 9.17) is 16.3 Å². The Morgan fingerprint density at radius 2 is 1.80 bits per heavy atom. The molecule has 162 valence electrons. The van der Waals surface area contributed by atoms with Crippen LogP contribution in [0.25, 0.3) is 0 Å². The van der Waals surface area contributed by atoms with E-state index in [1.807, 2.05) is 52.8 Å². The molecule has 0 radical (unpaired) electrons. The van der Waals surface area contributed by atoms with Crippen LogP contribution in [0.3, 0.4) is 0 Å². The molecule has 1 atom stereocenters. The summed E-state index contributed by atoms with van der Waals surface area (Å²) in [5, 5.41) is 3.46. The van der Waals surface area contributed by atoms with Crippen molar-refractivity contribution in [2.24, 2.45) is 0 Å². The summed E-state index contributed by atoms with van der Waals surface area (Å²) >= 11 is 6.10. The number of benzene rings is 2. The van der Waals surface area contributed by atoms with Gasteiger partial charge in [0.15, 0.2) is 6.61 Å². The SMILES string of the molecule is Cc1cc(C)c(C)c(OCC(=O)N(Cc2cccc(Cl)c2)[C@H](C)C(=O)NC(C)C)c1. The normalized spacial score (nSPS) is 11.9. The Hall–Kier alpha value is -2.53. The fraction of sp³-hybridized carbons (Fsp3) is 0.417. The molecule has 0 aromatic heterocycles. The van der Waals surface area contributed by atoms with E-state index >= 15 is 0 Å². The molecule has 2 rings (SSSR count). The summed E-state index contributed by atoms with van der Waals surface area (Å²) in [4.78, 5) is 27.2. The Bertz CT molecular complexity index is 911. The third-order valence-corrected chi connectivity index (χ3v) is 5.19. The summed E-state index contributed by atoms with van der Waals surface area (Å²) in [5.74, 6) is 0.214. The highest BCUT2D eigenvalue weighted by Crippen LogP contribution is 2.23. The van der Waals surface area contributed by atoms with Gasteiger partial charge in [0.2, 0.25) is 5.91 Å². The van der Waals surface area contributed by atoms with Crippen molar-refractivity contribution >= 4 is 23.4 Å². The predicted molar refractivity (Wildman–Crippen MR) is 121 cm³/mol. The molecule has 0 aliphatic rings. The minimum absolute atomic E-state index is 0.0164. The summed E-state index contributed by atoms with van der Waals surface area (Å²) in [5.41, 5.74) is 4.03. The van der Waals surface area contributed by atoms with Crippen LogP contribution in [0.4, 0.5) is 0 Å². The maximum atomic E-state index is 13.1. The second kappa shape index (κ2) is 10.5. The standard InChI is InChI=1S/C24H31ClN2O3/c1-15(2)26-24(29)19(6)27(13-20-8-7-9-21(25)12-20)23(28)14-30-22-11-16(3)10-17(4)18(22)5/h7-12,15,19H,13-14H2,1-6H3,(H,26,29)/t19-/m1/s1. The number of carbonyl (C=O) groups is 2. The average Bonchev–Trinajstić information content (AvgIpc) is 2.66. The number of nitrogens with one attached hydrogen (secondary N) is 1. The maximum Gasteiger partial charge on any atom is 0.261 e. The molecule has 0 unspecified atom stereocenters. The number of amides is 2. The lowest BCUT2D eigenvalue weighted by molar-refractivity contribution is -0.142. The van der Waals surface area contributed by atoms with Gasteiger partial charge in [-0.2, -0.15) is 0 Å². The summed E-state index contributed by atoms with van der Waals surface area (Å²) < 4.78 is 5.86. The van der Waals surface area contributed by atoms with Crippen LogP contribution in [-0.2, 0) is 16.1 Å². The summed E-state index contributed by atoms with van der Waals surface area (Å²) in [6, 6.07) is 10.6. The molecule has 0 saturated heterocycles. The van der Waals surface area contributed by atoms with Crippen molar-refractivity contribution < 1.29 is 14.3 Å². The first-order valence-electron chi connectivity index (χ1n) is 10.1. The predicted octanol–water partition coefficient (Wildman–Crippen LogP) is 4.59. The molecule has 2 amide bonds. The number of carbonyl (C=O) groups excluding carboxylic acids is 2. The van der Waals surface area contributed by atoms with Crippen molar-refractivity contribution in [3.05, 3.63) is 63.7 Å². The van der Waals surface area contributed by atoms with Gasteiger partial charge in [0, 0.05) is 17.6 Å². The Balaban J connectivity index is 2.22. The van der Waals surface area contributed by atoms with Crippen molar-refractivity contribution in [2.75, 3.05) is 6.61 Å². The number of hydrogen-bond acceptors (Lipinski definition) is 3. The van der Waals surface area contributed by atoms with E-state index in [1.165, 1.54) is 4.90 Å². The lowest BCUT2D eigenvalue weighted by Gasteiger charge is -2.29. The van der Waals surface area contributed by atoms with E-state index in [0.717, 1.165) is 22.3 Å². The molecule has 0 aliphatic heterocycles. The highest BCUT2D eigenvalue weighted by Gasteiger charge is 2.27. The van der Waals surface area contributed by atoms with Gasteiger partial charge in [-0.25, -0.2) is 0 Å². The number of rotatable bonds is 8. The minimum Gasteiger partial charge on any atom is -0.483 e. The number of hydrogen-bond donors (Lipinski definition) is 1. The largest absolute Gasteiger partial charge is 0.483 e. The lowest BCUT2D eigenvalue weighted by atomic mass is 10.1. The molecule has 6 heteroatoms. The molecular weight excluding hydrogens is 400 g/mol. The van der Waals surface area contributed by atoms with Crippen LogP contribution in [0.2, 0.25) is 5.02 Å². The van der Waals surface area contributed by atoms with Crippen molar-refractivity contribution in [3.63, 3.8) is 0 Å². The second-order valence-electron chi connectivity index (χ2n) is 7.98. The quantitative estimate of drug-likeness (QED) is 0.666. The highest BCUT2D eigenvalue weighted by molar-refractivity contribution is 6.30. The van der Waals surface area contributed by atoms with Gasteiger partial charge in [0.05, 0.1) is 0 Å². The molecule has 5 nitrogen and oxygen atoms in total. The second-order valence-corrected chi connectivity index (χ2v) is 8.42. The van der Waals surface area contributed by atoms with Crippen molar-refractivity contribution in [3.8, 4) is 5.75 Å². The van der Waals surface area contributed by atoms with E-state index in [-0.39, 0.29) is 31.0 Å². The molecule has 0 heterocycles. The van der Waals surface area contributed by atoms with Crippen LogP contribution in [0, 0.1) is 20.8 Å². The van der Waals surface area contributed by atoms with Gasteiger partial charge in [-0.1, -0.05) is 29.8 Å². The van der Waals surface area contributed by atoms with Crippen LogP contribution in [0.1, 0.15) is 43.0 Å². The maximum absolute atomic E-state index is 13.1. The molecule has 0 bridgehead atoms. The van der Waals surface area contributed by atoms with E-state index in [1.54, 1.807) is 19.1 Å². The Labute approximate surface area is 184 Å². The fourth-order valence-electron chi connectivity index (χ4n) is 3.19. The van der Waals surface area contributed by atoms with Gasteiger partial charge >= 0.3 is 0 Å². The Morgan fingerprint density at radius 1 is 1.10 bits per heavy atom. The van der Waals surface area contributed by atoms with Gasteiger partial charge < -0.3 is 15.0 Å². The zero-order valence-electron chi connectivity index (χ0n) is 18.6. The smallest absolute Gasteiger partial charge is 0.261 e. The molecule has 2 aromatic rings. The van der Waals surface area contributed by atoms with Crippen LogP contribution < -0.4 is 10.1 Å². The molecule has 0 fully saturated rings. The Morgan fingerprint density at radius 3 is 2.43 bits per heavy atom. The first-order valence-corrected chi connectivity index (χ1v) is 10.5. The monoisotopic (exact) mass is 430 g/mol. The van der Waals surface area contributed by atoms with E-state index in [0.29, 0.717) is 10.8 Å². The topological polar surface area (TPSA) is 58.6 Å². The molecule has 0 aliphatic carbocycles. The number of aryl methyl sites for hydroxylation is 2. The lowest BCUT2D eigenvalue weighted by Crippen LogP contribution is -2.50. The first-order chi connectivity index (χ1) is 14.1. The molecule has 2 aromatic carbocycles. The highest BCUT2D eigenvalue weighted by atomic mass is 35.5. The van der Waals surface area contributed by atoms with Crippen LogP contribution in [-0.4, -0.2) is 35.4 Å². The van der Waals surface area contributed by atoms with Crippen molar-refractivity contribution in [1.82, 2.24) is 10.2 Å². The van der Waals surface area contributed by atoms with Gasteiger partial charge in [-0.3, -0.25) is 9.59 Å². The molecule has 30 heavy (non-hydrogen) atoms. The summed E-state index contributed by atoms with van der Waals surface area (Å²) in [7, 11) is 0. The van der Waals surface area contributed by atoms with Crippen molar-refractivity contribution in [2.45, 2.75) is 60.2 Å². The molecular formula is C24H31ClN2O3. The third kappa shape index (κ3) is 6.49. The van der Waals surface area contributed by atoms with Gasteiger partial charge in [-0.05, 0) is 82.0 Å². The van der Waals surface area contributed by atoms with Crippen LogP contribution in [0.15, 0.2) is 36.4 Å². The molecule has 0 saturated carbocycles. The molecule has 1 N–H and O–H groups in total. The minimum atomic E-state index is -0.650. The van der Waals surface area contributed by atoms with Crippen molar-refractivity contribution in [1.29, 1.82) is 0 Å². The van der Waals surface area contributed by atoms with E-state index < -0.39 is 6.04 Å². The van der Waals surface area contributed by atoms with E-state index in [2.05, 4.69) is 11.4 Å². The van der Waals surface area contributed by atoms with Crippen LogP contribution in [0.5, 0.6) is 5.75 Å². The Kier molecular flexibility index (Phi) is 8.30.